The molecule has 0 unspecified atom stereocenters. The van der Waals surface area contributed by atoms with Crippen LogP contribution in [0, 0.1) is 24.2 Å². The summed E-state index contributed by atoms with van der Waals surface area (Å²) in [5.41, 5.74) is 10.4. The number of nitriles is 1. The molecule has 4 heterocycles. The second-order valence-electron chi connectivity index (χ2n) is 12.1. The molecule has 216 valence electrons. The molecule has 1 aliphatic heterocycles. The number of nitrogens with one attached hydrogen (secondary N) is 1. The Bertz CT molecular complexity index is 1620. The van der Waals surface area contributed by atoms with Gasteiger partial charge in [0.25, 0.3) is 0 Å². The van der Waals surface area contributed by atoms with Crippen molar-refractivity contribution in [3.05, 3.63) is 52.3 Å². The van der Waals surface area contributed by atoms with Gasteiger partial charge in [-0.25, -0.2) is 9.97 Å². The molecule has 1 saturated carbocycles. The molecule has 41 heavy (non-hydrogen) atoms. The van der Waals surface area contributed by atoms with Crippen molar-refractivity contribution in [1.82, 2.24) is 19.4 Å². The fourth-order valence-corrected chi connectivity index (χ4v) is 7.63. The van der Waals surface area contributed by atoms with Gasteiger partial charge in [-0.05, 0) is 74.8 Å². The average Bonchev–Trinajstić information content (AvgIpc) is 3.46. The van der Waals surface area contributed by atoms with Crippen LogP contribution in [0.25, 0.3) is 21.1 Å². The molecule has 4 aromatic rings. The van der Waals surface area contributed by atoms with Crippen molar-refractivity contribution in [2.45, 2.75) is 76.8 Å². The minimum atomic E-state index is -4.25. The topological polar surface area (TPSA) is 95.8 Å². The number of halogens is 3. The van der Waals surface area contributed by atoms with Crippen LogP contribution in [0.5, 0.6) is 0 Å². The van der Waals surface area contributed by atoms with E-state index < -0.39 is 12.6 Å². The highest BCUT2D eigenvalue weighted by atomic mass is 32.1. The minimum Gasteiger partial charge on any atom is -0.367 e. The van der Waals surface area contributed by atoms with Gasteiger partial charge in [0.15, 0.2) is 0 Å². The van der Waals surface area contributed by atoms with Gasteiger partial charge in [-0.2, -0.15) is 18.4 Å². The Morgan fingerprint density at radius 2 is 1.93 bits per heavy atom. The summed E-state index contributed by atoms with van der Waals surface area (Å²) in [7, 11) is 0. The average molecular weight is 582 g/mol. The van der Waals surface area contributed by atoms with Crippen LogP contribution in [-0.2, 0) is 19.5 Å². The maximum atomic E-state index is 12.9. The Morgan fingerprint density at radius 3 is 2.61 bits per heavy atom. The number of anilines is 1. The molecule has 0 atom stereocenters. The molecule has 0 radical (unpaired) electrons. The lowest BCUT2D eigenvalue weighted by Crippen LogP contribution is -2.50. The van der Waals surface area contributed by atoms with Crippen molar-refractivity contribution in [2.75, 3.05) is 18.4 Å². The van der Waals surface area contributed by atoms with E-state index in [-0.39, 0.29) is 16.5 Å². The van der Waals surface area contributed by atoms with Crippen LogP contribution in [0.2, 0.25) is 0 Å². The van der Waals surface area contributed by atoms with Crippen LogP contribution in [-0.4, -0.2) is 50.3 Å². The molecular formula is C30H34F3N7S. The van der Waals surface area contributed by atoms with Crippen LogP contribution in [0.3, 0.4) is 0 Å². The number of hydrogen-bond acceptors (Lipinski definition) is 7. The molecule has 1 aromatic carbocycles. The summed E-state index contributed by atoms with van der Waals surface area (Å²) in [5, 5.41) is 15.1. The van der Waals surface area contributed by atoms with Crippen molar-refractivity contribution in [3.63, 3.8) is 0 Å². The number of fused-ring (bicyclic) bond motifs is 2. The first-order valence-electron chi connectivity index (χ1n) is 14.1. The number of hydrogen-bond donors (Lipinski definition) is 2. The third-order valence-corrected chi connectivity index (χ3v) is 9.65. The number of nitrogens with zero attached hydrogens (tertiary/aromatic N) is 5. The number of likely N-dealkylation sites (tertiary alicyclic amines) is 1. The van der Waals surface area contributed by atoms with E-state index in [9.17, 15) is 18.4 Å². The van der Waals surface area contributed by atoms with E-state index in [4.69, 9.17) is 5.73 Å². The monoisotopic (exact) mass is 581 g/mol. The lowest BCUT2D eigenvalue weighted by molar-refractivity contribution is -0.126. The first-order chi connectivity index (χ1) is 19.5. The van der Waals surface area contributed by atoms with Crippen LogP contribution < -0.4 is 11.1 Å². The molecule has 1 saturated heterocycles. The van der Waals surface area contributed by atoms with E-state index in [1.165, 1.54) is 17.5 Å². The first kappa shape index (κ1) is 27.9. The molecule has 0 bridgehead atoms. The lowest BCUT2D eigenvalue weighted by Gasteiger charge is -2.42. The maximum Gasteiger partial charge on any atom is 0.393 e. The fraction of sp³-hybridized carbons (Fsp3) is 0.500. The largest absolute Gasteiger partial charge is 0.393 e. The highest BCUT2D eigenvalue weighted by Gasteiger charge is 2.37. The van der Waals surface area contributed by atoms with E-state index >= 15 is 0 Å². The first-order valence-corrected chi connectivity index (χ1v) is 14.9. The second-order valence-corrected chi connectivity index (χ2v) is 13.2. The third-order valence-electron chi connectivity index (χ3n) is 8.61. The van der Waals surface area contributed by atoms with Crippen LogP contribution in [0.4, 0.5) is 19.0 Å². The van der Waals surface area contributed by atoms with Gasteiger partial charge in [0.1, 0.15) is 28.7 Å². The Balaban J connectivity index is 1.10. The smallest absolute Gasteiger partial charge is 0.367 e. The molecule has 7 nitrogen and oxygen atoms in total. The van der Waals surface area contributed by atoms with Gasteiger partial charge in [-0.3, -0.25) is 4.90 Å². The molecule has 0 amide bonds. The molecular weight excluding hydrogens is 547 g/mol. The number of alkyl halides is 3. The summed E-state index contributed by atoms with van der Waals surface area (Å²) in [6, 6.07) is 10.5. The standard InChI is InChI=1S/C30H34F3N7S/c1-18-20(3-4-26-24(18)9-22(14-34)40(26)15-19-11-29(2,35)12-19)16-39-7-5-21(6-8-39)38-27-25-10-23(13-30(31,32)33)41-28(25)37-17-36-27/h3-4,9-10,17,19,21H,5-8,11-13,15-16,35H2,1-2H3,(H,36,37,38). The number of thiophene rings is 1. The van der Waals surface area contributed by atoms with Gasteiger partial charge >= 0.3 is 6.18 Å². The number of nitrogens with two attached hydrogens (primary N) is 1. The van der Waals surface area contributed by atoms with Crippen molar-refractivity contribution >= 4 is 38.3 Å². The molecule has 1 aliphatic carbocycles. The van der Waals surface area contributed by atoms with Crippen LogP contribution in [0.1, 0.15) is 54.3 Å². The summed E-state index contributed by atoms with van der Waals surface area (Å²) >= 11 is 1.07. The predicted octanol–water partition coefficient (Wildman–Crippen LogP) is 6.13. The number of benzene rings is 1. The molecule has 11 heteroatoms. The van der Waals surface area contributed by atoms with Gasteiger partial charge < -0.3 is 15.6 Å². The zero-order chi connectivity index (χ0) is 28.9. The summed E-state index contributed by atoms with van der Waals surface area (Å²) in [5.74, 6) is 1.11. The Labute approximate surface area is 241 Å². The SMILES string of the molecule is Cc1c(CN2CCC(Nc3ncnc4sc(CC(F)(F)F)cc34)CC2)ccc2c1cc(C#N)n2CC1CC(C)(N)C1. The lowest BCUT2D eigenvalue weighted by atomic mass is 9.70. The van der Waals surface area contributed by atoms with E-state index in [1.807, 2.05) is 6.07 Å². The Kier molecular flexibility index (Phi) is 7.20. The van der Waals surface area contributed by atoms with E-state index in [2.05, 4.69) is 56.8 Å². The van der Waals surface area contributed by atoms with Gasteiger partial charge in [0, 0.05) is 53.5 Å². The maximum absolute atomic E-state index is 12.9. The molecule has 2 fully saturated rings. The molecule has 3 aromatic heterocycles. The van der Waals surface area contributed by atoms with Gasteiger partial charge in [0.05, 0.1) is 11.8 Å². The summed E-state index contributed by atoms with van der Waals surface area (Å²) in [6.45, 7) is 7.69. The highest BCUT2D eigenvalue weighted by molar-refractivity contribution is 7.18. The normalized spacial score (nSPS) is 22.2. The second kappa shape index (κ2) is 10.6. The summed E-state index contributed by atoms with van der Waals surface area (Å²) in [6.07, 6.45) is -0.0109. The zero-order valence-corrected chi connectivity index (χ0v) is 24.1. The molecule has 2 aliphatic rings. The summed E-state index contributed by atoms with van der Waals surface area (Å²) < 4.78 is 40.8. The predicted molar refractivity (Wildman–Crippen MR) is 156 cm³/mol. The van der Waals surface area contributed by atoms with Gasteiger partial charge in [-0.15, -0.1) is 11.3 Å². The van der Waals surface area contributed by atoms with Crippen molar-refractivity contribution in [1.29, 1.82) is 5.26 Å². The molecule has 6 rings (SSSR count). The Hall–Kier alpha value is -3.20. The van der Waals surface area contributed by atoms with E-state index in [0.717, 1.165) is 74.1 Å². The molecule has 3 N–H and O–H groups in total. The van der Waals surface area contributed by atoms with Crippen LogP contribution in [0.15, 0.2) is 30.6 Å². The minimum absolute atomic E-state index is 0.0857. The van der Waals surface area contributed by atoms with Crippen LogP contribution >= 0.6 is 11.3 Å². The van der Waals surface area contributed by atoms with E-state index in [0.29, 0.717) is 27.6 Å². The number of aryl methyl sites for hydroxylation is 1. The zero-order valence-electron chi connectivity index (χ0n) is 23.3. The number of rotatable bonds is 7. The van der Waals surface area contributed by atoms with Crippen molar-refractivity contribution < 1.29 is 13.2 Å². The Morgan fingerprint density at radius 1 is 1.17 bits per heavy atom. The number of piperidine rings is 1. The highest BCUT2D eigenvalue weighted by Crippen LogP contribution is 2.38. The van der Waals surface area contributed by atoms with Gasteiger partial charge in [0.2, 0.25) is 0 Å². The summed E-state index contributed by atoms with van der Waals surface area (Å²) in [4.78, 5) is 11.8. The van der Waals surface area contributed by atoms with E-state index in [1.54, 1.807) is 6.07 Å². The van der Waals surface area contributed by atoms with Crippen molar-refractivity contribution in [2.24, 2.45) is 11.7 Å². The quantitative estimate of drug-likeness (QED) is 0.273. The van der Waals surface area contributed by atoms with Gasteiger partial charge in [-0.1, -0.05) is 6.07 Å². The number of aromatic nitrogens is 3. The van der Waals surface area contributed by atoms with Crippen molar-refractivity contribution in [3.8, 4) is 6.07 Å². The fourth-order valence-electron chi connectivity index (χ4n) is 6.60. The third kappa shape index (κ3) is 5.92. The molecule has 0 spiro atoms.